The van der Waals surface area contributed by atoms with Gasteiger partial charge in [0.2, 0.25) is 0 Å². The van der Waals surface area contributed by atoms with E-state index in [1.54, 1.807) is 0 Å². The van der Waals surface area contributed by atoms with Crippen LogP contribution in [-0.4, -0.2) is 23.4 Å². The van der Waals surface area contributed by atoms with E-state index in [-0.39, 0.29) is 5.38 Å². The Hall–Kier alpha value is 0.0500. The van der Waals surface area contributed by atoms with Crippen molar-refractivity contribution in [3.8, 4) is 0 Å². The maximum Gasteiger partial charge on any atom is 0.0595 e. The van der Waals surface area contributed by atoms with Crippen molar-refractivity contribution in [2.24, 2.45) is 5.92 Å². The summed E-state index contributed by atoms with van der Waals surface area (Å²) in [6, 6.07) is 5.87. The molecule has 18 heavy (non-hydrogen) atoms. The van der Waals surface area contributed by atoms with Gasteiger partial charge in [-0.1, -0.05) is 29.3 Å². The van der Waals surface area contributed by atoms with Crippen LogP contribution in [0.25, 0.3) is 0 Å². The maximum atomic E-state index is 6.15. The minimum absolute atomic E-state index is 0.289. The van der Waals surface area contributed by atoms with Crippen LogP contribution in [0.1, 0.15) is 25.3 Å². The van der Waals surface area contributed by atoms with Crippen LogP contribution >= 0.6 is 34.8 Å². The van der Waals surface area contributed by atoms with Gasteiger partial charge in [0, 0.05) is 11.9 Å². The van der Waals surface area contributed by atoms with Crippen LogP contribution in [0, 0.1) is 5.92 Å². The molecule has 1 unspecified atom stereocenters. The normalized spacial score (nSPS) is 20.0. The number of benzene rings is 1. The molecule has 1 aliphatic rings. The lowest BCUT2D eigenvalue weighted by atomic mass is 9.94. The summed E-state index contributed by atoms with van der Waals surface area (Å²) in [5.41, 5.74) is 1.22. The van der Waals surface area contributed by atoms with Crippen LogP contribution in [0.5, 0.6) is 0 Å². The summed E-state index contributed by atoms with van der Waals surface area (Å²) >= 11 is 18.1. The summed E-state index contributed by atoms with van der Waals surface area (Å²) in [5, 5.41) is 1.55. The molecular formula is C14H18Cl3N. The van der Waals surface area contributed by atoms with Gasteiger partial charge in [-0.15, -0.1) is 11.6 Å². The number of rotatable bonds is 3. The van der Waals surface area contributed by atoms with E-state index < -0.39 is 0 Å². The SMILES string of the molecule is CC(Cl)C1CCN(Cc2ccc(Cl)c(Cl)c2)CC1. The van der Waals surface area contributed by atoms with Crippen molar-refractivity contribution in [1.82, 2.24) is 4.90 Å². The van der Waals surface area contributed by atoms with E-state index >= 15 is 0 Å². The van der Waals surface area contributed by atoms with Crippen molar-refractivity contribution >= 4 is 34.8 Å². The van der Waals surface area contributed by atoms with Gasteiger partial charge in [-0.05, 0) is 56.5 Å². The molecule has 1 saturated heterocycles. The number of nitrogens with zero attached hydrogens (tertiary/aromatic N) is 1. The first-order chi connectivity index (χ1) is 8.56. The Morgan fingerprint density at radius 3 is 2.44 bits per heavy atom. The second-order valence-electron chi connectivity index (χ2n) is 5.04. The second kappa shape index (κ2) is 6.47. The smallest absolute Gasteiger partial charge is 0.0595 e. The van der Waals surface area contributed by atoms with Crippen molar-refractivity contribution in [3.05, 3.63) is 33.8 Å². The average molecular weight is 307 g/mol. The zero-order valence-corrected chi connectivity index (χ0v) is 12.8. The molecule has 0 bridgehead atoms. The van der Waals surface area contributed by atoms with Crippen LogP contribution in [0.2, 0.25) is 10.0 Å². The predicted octanol–water partition coefficient (Wildman–Crippen LogP) is 4.83. The zero-order chi connectivity index (χ0) is 13.1. The first-order valence-electron chi connectivity index (χ1n) is 6.36. The molecule has 1 aromatic carbocycles. The molecule has 0 aromatic heterocycles. The lowest BCUT2D eigenvalue weighted by Gasteiger charge is -2.33. The molecule has 1 aromatic rings. The lowest BCUT2D eigenvalue weighted by molar-refractivity contribution is 0.176. The molecule has 0 saturated carbocycles. The Morgan fingerprint density at radius 2 is 1.89 bits per heavy atom. The van der Waals surface area contributed by atoms with Crippen LogP contribution in [0.15, 0.2) is 18.2 Å². The third kappa shape index (κ3) is 3.77. The van der Waals surface area contributed by atoms with E-state index in [9.17, 15) is 0 Å². The Morgan fingerprint density at radius 1 is 1.22 bits per heavy atom. The number of likely N-dealkylation sites (tertiary alicyclic amines) is 1. The molecule has 0 N–H and O–H groups in total. The molecule has 100 valence electrons. The fraction of sp³-hybridized carbons (Fsp3) is 0.571. The number of hydrogen-bond acceptors (Lipinski definition) is 1. The van der Waals surface area contributed by atoms with Gasteiger partial charge in [-0.2, -0.15) is 0 Å². The van der Waals surface area contributed by atoms with Crippen molar-refractivity contribution in [2.75, 3.05) is 13.1 Å². The zero-order valence-electron chi connectivity index (χ0n) is 10.5. The quantitative estimate of drug-likeness (QED) is 0.723. The van der Waals surface area contributed by atoms with Gasteiger partial charge in [0.15, 0.2) is 0 Å². The van der Waals surface area contributed by atoms with E-state index in [1.807, 2.05) is 18.2 Å². The molecule has 0 amide bonds. The van der Waals surface area contributed by atoms with Gasteiger partial charge in [0.05, 0.1) is 10.0 Å². The van der Waals surface area contributed by atoms with E-state index in [0.717, 1.165) is 19.6 Å². The van der Waals surface area contributed by atoms with Crippen molar-refractivity contribution in [3.63, 3.8) is 0 Å². The summed E-state index contributed by atoms with van der Waals surface area (Å²) < 4.78 is 0. The van der Waals surface area contributed by atoms with E-state index in [0.29, 0.717) is 16.0 Å². The third-order valence-electron chi connectivity index (χ3n) is 3.67. The van der Waals surface area contributed by atoms with Gasteiger partial charge in [0.1, 0.15) is 0 Å². The molecule has 4 heteroatoms. The minimum Gasteiger partial charge on any atom is -0.299 e. The Balaban J connectivity index is 1.89. The van der Waals surface area contributed by atoms with Crippen molar-refractivity contribution < 1.29 is 0 Å². The summed E-state index contributed by atoms with van der Waals surface area (Å²) in [6.45, 7) is 5.27. The maximum absolute atomic E-state index is 6.15. The topological polar surface area (TPSA) is 3.24 Å². The largest absolute Gasteiger partial charge is 0.299 e. The summed E-state index contributed by atoms with van der Waals surface area (Å²) in [5.74, 6) is 0.664. The van der Waals surface area contributed by atoms with Gasteiger partial charge in [-0.3, -0.25) is 4.90 Å². The first kappa shape index (κ1) is 14.5. The van der Waals surface area contributed by atoms with Gasteiger partial charge in [-0.25, -0.2) is 0 Å². The molecular weight excluding hydrogens is 289 g/mol. The average Bonchev–Trinajstić information content (AvgIpc) is 2.34. The standard InChI is InChI=1S/C14H18Cl3N/c1-10(15)12-4-6-18(7-5-12)9-11-2-3-13(16)14(17)8-11/h2-3,8,10,12H,4-7,9H2,1H3. The molecule has 0 radical (unpaired) electrons. The molecule has 1 fully saturated rings. The molecule has 0 aliphatic carbocycles. The van der Waals surface area contributed by atoms with Crippen LogP contribution in [-0.2, 0) is 6.54 Å². The number of alkyl halides is 1. The second-order valence-corrected chi connectivity index (χ2v) is 6.54. The van der Waals surface area contributed by atoms with E-state index in [2.05, 4.69) is 11.8 Å². The molecule has 2 rings (SSSR count). The van der Waals surface area contributed by atoms with Gasteiger partial charge in [0.25, 0.3) is 0 Å². The number of halogens is 3. The van der Waals surface area contributed by atoms with Crippen molar-refractivity contribution in [1.29, 1.82) is 0 Å². The highest BCUT2D eigenvalue weighted by atomic mass is 35.5. The predicted molar refractivity (Wildman–Crippen MR) is 79.8 cm³/mol. The summed E-state index contributed by atoms with van der Waals surface area (Å²) in [4.78, 5) is 2.45. The fourth-order valence-electron chi connectivity index (χ4n) is 2.47. The first-order valence-corrected chi connectivity index (χ1v) is 7.56. The van der Waals surface area contributed by atoms with E-state index in [1.165, 1.54) is 18.4 Å². The molecule has 1 atom stereocenters. The summed E-state index contributed by atoms with van der Waals surface area (Å²) in [6.07, 6.45) is 2.37. The molecule has 1 aliphatic heterocycles. The molecule has 1 nitrogen and oxygen atoms in total. The van der Waals surface area contributed by atoms with Crippen LogP contribution in [0.3, 0.4) is 0 Å². The summed E-state index contributed by atoms with van der Waals surface area (Å²) in [7, 11) is 0. The lowest BCUT2D eigenvalue weighted by Crippen LogP contribution is -2.35. The van der Waals surface area contributed by atoms with Crippen molar-refractivity contribution in [2.45, 2.75) is 31.7 Å². The highest BCUT2D eigenvalue weighted by molar-refractivity contribution is 6.42. The third-order valence-corrected chi connectivity index (χ3v) is 4.77. The van der Waals surface area contributed by atoms with Gasteiger partial charge < -0.3 is 0 Å². The highest BCUT2D eigenvalue weighted by Crippen LogP contribution is 2.26. The number of hydrogen-bond donors (Lipinski definition) is 0. The van der Waals surface area contributed by atoms with Gasteiger partial charge >= 0.3 is 0 Å². The van der Waals surface area contributed by atoms with Crippen LogP contribution in [0.4, 0.5) is 0 Å². The monoisotopic (exact) mass is 305 g/mol. The number of piperidine rings is 1. The fourth-order valence-corrected chi connectivity index (χ4v) is 3.04. The van der Waals surface area contributed by atoms with E-state index in [4.69, 9.17) is 34.8 Å². The van der Waals surface area contributed by atoms with Crippen LogP contribution < -0.4 is 0 Å². The Kier molecular flexibility index (Phi) is 5.20. The minimum atomic E-state index is 0.289. The molecule has 1 heterocycles. The molecule has 0 spiro atoms. The highest BCUT2D eigenvalue weighted by Gasteiger charge is 2.22. The Labute approximate surface area is 124 Å². The Bertz CT molecular complexity index is 398.